The van der Waals surface area contributed by atoms with Gasteiger partial charge in [-0.3, -0.25) is 4.98 Å². The first-order valence-corrected chi connectivity index (χ1v) is 20.4. The summed E-state index contributed by atoms with van der Waals surface area (Å²) >= 11 is 0. The van der Waals surface area contributed by atoms with Crippen molar-refractivity contribution in [3.63, 3.8) is 0 Å². The van der Waals surface area contributed by atoms with E-state index in [-0.39, 0.29) is 31.9 Å². The molecule has 6 aromatic carbocycles. The van der Waals surface area contributed by atoms with Crippen LogP contribution in [0.3, 0.4) is 0 Å². The molecule has 306 valence electrons. The van der Waals surface area contributed by atoms with Crippen LogP contribution in [0.15, 0.2) is 164 Å². The third-order valence-electron chi connectivity index (χ3n) is 11.2. The topological polar surface area (TPSA) is 28.6 Å². The number of anilines is 2. The SMILES string of the molecule is CC(C)(C)c1ccc(-c2ccnc(C(C)(C)c3[c-]c(Oc4[c-]c(N5C=CN(c6cc(-c7ccccc7)cc(-c7ccccc7)c6)[CH-]5)ccc4)ccc3)c2)c(C(C)(C)C)c1.[Pt]. The van der Waals surface area contributed by atoms with Gasteiger partial charge in [0, 0.05) is 55.6 Å². The van der Waals surface area contributed by atoms with Crippen molar-refractivity contribution < 1.29 is 25.8 Å². The van der Waals surface area contributed by atoms with Crippen molar-refractivity contribution in [2.75, 3.05) is 9.80 Å². The normalized spacial score (nSPS) is 13.0. The van der Waals surface area contributed by atoms with Crippen LogP contribution in [0.25, 0.3) is 33.4 Å². The largest absolute Gasteiger partial charge is 0.509 e. The Morgan fingerprint density at radius 1 is 0.533 bits per heavy atom. The minimum atomic E-state index is -0.439. The number of ether oxygens (including phenoxy) is 1. The number of rotatable bonds is 9. The summed E-state index contributed by atoms with van der Waals surface area (Å²) in [6.07, 6.45) is 6.06. The molecule has 2 heterocycles. The molecule has 4 nitrogen and oxygen atoms in total. The second-order valence-electron chi connectivity index (χ2n) is 18.0. The summed E-state index contributed by atoms with van der Waals surface area (Å²) in [6, 6.07) is 58.2. The van der Waals surface area contributed by atoms with Crippen molar-refractivity contribution in [3.8, 4) is 44.9 Å². The van der Waals surface area contributed by atoms with Crippen LogP contribution in [0.2, 0.25) is 0 Å². The van der Waals surface area contributed by atoms with Crippen molar-refractivity contribution in [3.05, 3.63) is 205 Å². The Balaban J connectivity index is 0.00000544. The molecular formula is C55H52N3OPt-3. The monoisotopic (exact) mass is 965 g/mol. The molecule has 0 radical (unpaired) electrons. The summed E-state index contributed by atoms with van der Waals surface area (Å²) in [5.41, 5.74) is 13.3. The molecule has 1 aromatic heterocycles. The average molecular weight is 966 g/mol. The van der Waals surface area contributed by atoms with Crippen LogP contribution >= 0.6 is 0 Å². The third-order valence-corrected chi connectivity index (χ3v) is 11.2. The third kappa shape index (κ3) is 9.20. The molecule has 8 rings (SSSR count). The van der Waals surface area contributed by atoms with Gasteiger partial charge in [0.05, 0.1) is 0 Å². The van der Waals surface area contributed by atoms with Gasteiger partial charge in [-0.1, -0.05) is 134 Å². The number of aromatic nitrogens is 1. The maximum Gasteiger partial charge on any atom is 0.0488 e. The smallest absolute Gasteiger partial charge is 0.0488 e. The number of hydrogen-bond acceptors (Lipinski definition) is 4. The van der Waals surface area contributed by atoms with E-state index in [1.165, 1.54) is 33.4 Å². The van der Waals surface area contributed by atoms with Crippen molar-refractivity contribution >= 4 is 11.4 Å². The molecule has 7 aromatic rings. The zero-order chi connectivity index (χ0) is 41.4. The molecule has 0 atom stereocenters. The van der Waals surface area contributed by atoms with Crippen molar-refractivity contribution in [2.24, 2.45) is 0 Å². The molecule has 0 N–H and O–H groups in total. The van der Waals surface area contributed by atoms with Crippen LogP contribution in [-0.2, 0) is 37.3 Å². The minimum Gasteiger partial charge on any atom is -0.509 e. The molecule has 0 saturated heterocycles. The van der Waals surface area contributed by atoms with Gasteiger partial charge in [0.1, 0.15) is 0 Å². The molecule has 1 aliphatic rings. The predicted octanol–water partition coefficient (Wildman–Crippen LogP) is 14.3. The second-order valence-corrected chi connectivity index (χ2v) is 18.0. The van der Waals surface area contributed by atoms with Crippen LogP contribution < -0.4 is 14.5 Å². The van der Waals surface area contributed by atoms with Crippen molar-refractivity contribution in [1.29, 1.82) is 0 Å². The molecule has 0 saturated carbocycles. The fourth-order valence-electron chi connectivity index (χ4n) is 7.60. The van der Waals surface area contributed by atoms with Gasteiger partial charge in [-0.25, -0.2) is 0 Å². The van der Waals surface area contributed by atoms with E-state index in [2.05, 4.69) is 205 Å². The molecule has 0 aliphatic carbocycles. The summed E-state index contributed by atoms with van der Waals surface area (Å²) in [7, 11) is 0. The van der Waals surface area contributed by atoms with Crippen molar-refractivity contribution in [2.45, 2.75) is 71.6 Å². The molecular weight excluding hydrogens is 914 g/mol. The van der Waals surface area contributed by atoms with E-state index in [1.807, 2.05) is 42.7 Å². The van der Waals surface area contributed by atoms with Crippen LogP contribution in [0.4, 0.5) is 11.4 Å². The van der Waals surface area contributed by atoms with Crippen LogP contribution in [0.5, 0.6) is 11.5 Å². The molecule has 1 aliphatic heterocycles. The Bertz CT molecular complexity index is 2560. The Hall–Kier alpha value is -5.70. The van der Waals surface area contributed by atoms with E-state index in [1.54, 1.807) is 0 Å². The van der Waals surface area contributed by atoms with E-state index in [0.717, 1.165) is 33.8 Å². The Morgan fingerprint density at radius 3 is 1.78 bits per heavy atom. The van der Waals surface area contributed by atoms with E-state index >= 15 is 0 Å². The number of pyridine rings is 1. The summed E-state index contributed by atoms with van der Waals surface area (Å²) in [5.74, 6) is 1.24. The zero-order valence-corrected chi connectivity index (χ0v) is 38.0. The summed E-state index contributed by atoms with van der Waals surface area (Å²) in [4.78, 5) is 9.12. The van der Waals surface area contributed by atoms with Gasteiger partial charge in [-0.2, -0.15) is 18.2 Å². The van der Waals surface area contributed by atoms with Gasteiger partial charge in [-0.05, 0) is 98.1 Å². The first-order chi connectivity index (χ1) is 28.2. The summed E-state index contributed by atoms with van der Waals surface area (Å²) < 4.78 is 6.47. The molecule has 0 spiro atoms. The molecule has 0 bridgehead atoms. The van der Waals surface area contributed by atoms with Crippen LogP contribution in [0.1, 0.15) is 77.8 Å². The quantitative estimate of drug-likeness (QED) is 0.135. The van der Waals surface area contributed by atoms with Crippen LogP contribution in [0, 0.1) is 18.8 Å². The van der Waals surface area contributed by atoms with Gasteiger partial charge in [-0.15, -0.1) is 48.3 Å². The molecule has 0 unspecified atom stereocenters. The number of nitrogens with zero attached hydrogens (tertiary/aromatic N) is 3. The first-order valence-electron chi connectivity index (χ1n) is 20.4. The maximum atomic E-state index is 6.47. The Morgan fingerprint density at radius 2 is 1.15 bits per heavy atom. The summed E-state index contributed by atoms with van der Waals surface area (Å²) in [6.45, 7) is 20.2. The first kappa shape index (κ1) is 42.4. The number of benzene rings is 6. The van der Waals surface area contributed by atoms with Crippen molar-refractivity contribution in [1.82, 2.24) is 4.98 Å². The fraction of sp³-hybridized carbons (Fsp3) is 0.200. The van der Waals surface area contributed by atoms with E-state index in [0.29, 0.717) is 11.5 Å². The number of hydrogen-bond donors (Lipinski definition) is 0. The Labute approximate surface area is 371 Å². The van der Waals surface area contributed by atoms with Gasteiger partial charge >= 0.3 is 0 Å². The van der Waals surface area contributed by atoms with Gasteiger partial charge in [0.25, 0.3) is 0 Å². The zero-order valence-electron chi connectivity index (χ0n) is 35.7. The molecule has 0 fully saturated rings. The molecule has 60 heavy (non-hydrogen) atoms. The fourth-order valence-corrected chi connectivity index (χ4v) is 7.60. The molecule has 0 amide bonds. The maximum absolute atomic E-state index is 6.47. The Kier molecular flexibility index (Phi) is 12.1. The van der Waals surface area contributed by atoms with Crippen LogP contribution in [-0.4, -0.2) is 4.98 Å². The van der Waals surface area contributed by atoms with Gasteiger partial charge < -0.3 is 14.5 Å². The van der Waals surface area contributed by atoms with E-state index < -0.39 is 5.41 Å². The van der Waals surface area contributed by atoms with E-state index in [4.69, 9.17) is 9.72 Å². The average Bonchev–Trinajstić information content (AvgIpc) is 3.75. The predicted molar refractivity (Wildman–Crippen MR) is 246 cm³/mol. The summed E-state index contributed by atoms with van der Waals surface area (Å²) in [5, 5.41) is 0. The second kappa shape index (κ2) is 17.1. The minimum absolute atomic E-state index is 0. The van der Waals surface area contributed by atoms with Gasteiger partial charge in [0.2, 0.25) is 0 Å². The van der Waals surface area contributed by atoms with Gasteiger partial charge in [0.15, 0.2) is 0 Å². The molecule has 5 heteroatoms. The van der Waals surface area contributed by atoms with E-state index in [9.17, 15) is 0 Å². The standard InChI is InChI=1S/C55H52N3O.Pt/c1-53(2,3)44-25-26-50(51(36-44)54(4,5)6)41-27-28-56-52(34-41)55(7,8)45-21-15-23-48(35-45)59-49-24-16-22-46(37-49)57-29-30-58(38-57)47-32-42(39-17-11-9-12-18-39)31-43(33-47)40-19-13-10-14-20-40;/h9-34,36,38H,1-8H3;/q-3;.